The second-order valence-electron chi connectivity index (χ2n) is 9.65. The molecule has 4 aromatic rings. The van der Waals surface area contributed by atoms with Crippen LogP contribution in [0.1, 0.15) is 24.4 Å². The van der Waals surface area contributed by atoms with E-state index in [0.717, 1.165) is 18.4 Å². The SMILES string of the molecule is Cc1cc(-c2cnco2)c(F)cc1Nc1ncc2c(n1)n(C1CC[Si](C)(C)CC1)c(=O)n2C. The lowest BCUT2D eigenvalue weighted by Gasteiger charge is -2.33. The molecule has 0 saturated carbocycles. The Morgan fingerprint density at radius 2 is 1.97 bits per heavy atom. The van der Waals surface area contributed by atoms with Crippen LogP contribution in [-0.4, -0.2) is 32.2 Å². The molecule has 0 aliphatic carbocycles. The Hall–Kier alpha value is -3.27. The van der Waals surface area contributed by atoms with Crippen LogP contribution < -0.4 is 11.0 Å². The summed E-state index contributed by atoms with van der Waals surface area (Å²) in [5.41, 5.74) is 2.93. The standard InChI is InChI=1S/C23H27FN6O2Si/c1-14-9-16(20-12-25-13-32-20)17(24)10-18(14)27-22-26-11-19-21(28-22)30(23(31)29(19)2)15-5-7-33(3,4)8-6-15/h9-13,15H,5-8H2,1-4H3,(H,26,27,28). The van der Waals surface area contributed by atoms with E-state index in [-0.39, 0.29) is 11.7 Å². The highest BCUT2D eigenvalue weighted by atomic mass is 28.3. The van der Waals surface area contributed by atoms with E-state index in [9.17, 15) is 9.18 Å². The van der Waals surface area contributed by atoms with Gasteiger partial charge >= 0.3 is 5.69 Å². The van der Waals surface area contributed by atoms with Crippen LogP contribution in [0.2, 0.25) is 25.2 Å². The van der Waals surface area contributed by atoms with Crippen LogP contribution in [0.4, 0.5) is 16.0 Å². The molecule has 33 heavy (non-hydrogen) atoms. The number of nitrogens with one attached hydrogen (secondary N) is 1. The third kappa shape index (κ3) is 3.88. The minimum Gasteiger partial charge on any atom is -0.443 e. The quantitative estimate of drug-likeness (QED) is 0.425. The van der Waals surface area contributed by atoms with Crippen molar-refractivity contribution in [2.24, 2.45) is 7.05 Å². The van der Waals surface area contributed by atoms with Crippen molar-refractivity contribution >= 4 is 30.9 Å². The molecule has 10 heteroatoms. The zero-order chi connectivity index (χ0) is 23.3. The number of benzene rings is 1. The first-order valence-corrected chi connectivity index (χ1v) is 14.5. The van der Waals surface area contributed by atoms with E-state index in [2.05, 4.69) is 33.4 Å². The van der Waals surface area contributed by atoms with Gasteiger partial charge in [0, 0.05) is 26.9 Å². The lowest BCUT2D eigenvalue weighted by atomic mass is 10.1. The molecule has 0 atom stereocenters. The Kier molecular flexibility index (Phi) is 5.19. The molecule has 8 nitrogen and oxygen atoms in total. The van der Waals surface area contributed by atoms with E-state index >= 15 is 0 Å². The van der Waals surface area contributed by atoms with Crippen molar-refractivity contribution in [1.82, 2.24) is 24.1 Å². The van der Waals surface area contributed by atoms with Crippen LogP contribution in [-0.2, 0) is 7.05 Å². The third-order valence-corrected chi connectivity index (χ3v) is 10.0. The molecular weight excluding hydrogens is 439 g/mol. The van der Waals surface area contributed by atoms with Gasteiger partial charge in [-0.2, -0.15) is 4.98 Å². The highest BCUT2D eigenvalue weighted by Crippen LogP contribution is 2.36. The van der Waals surface area contributed by atoms with Gasteiger partial charge in [-0.25, -0.2) is 19.2 Å². The minimum atomic E-state index is -1.16. The smallest absolute Gasteiger partial charge is 0.330 e. The molecule has 1 aliphatic rings. The summed E-state index contributed by atoms with van der Waals surface area (Å²) in [4.78, 5) is 26.0. The van der Waals surface area contributed by atoms with E-state index in [1.807, 2.05) is 11.5 Å². The van der Waals surface area contributed by atoms with E-state index in [1.54, 1.807) is 23.9 Å². The first kappa shape index (κ1) is 21.6. The molecule has 5 rings (SSSR count). The van der Waals surface area contributed by atoms with Crippen molar-refractivity contribution in [3.05, 3.63) is 52.8 Å². The summed E-state index contributed by atoms with van der Waals surface area (Å²) in [6.07, 6.45) is 6.40. The number of halogens is 1. The van der Waals surface area contributed by atoms with Gasteiger partial charge in [0.25, 0.3) is 0 Å². The summed E-state index contributed by atoms with van der Waals surface area (Å²) in [6.45, 7) is 6.69. The topological polar surface area (TPSA) is 90.8 Å². The maximum atomic E-state index is 14.8. The minimum absolute atomic E-state index is 0.0681. The van der Waals surface area contributed by atoms with E-state index in [0.29, 0.717) is 34.1 Å². The molecule has 1 N–H and O–H groups in total. The molecule has 1 fully saturated rings. The molecule has 0 bridgehead atoms. The largest absolute Gasteiger partial charge is 0.443 e. The van der Waals surface area contributed by atoms with Gasteiger partial charge in [-0.1, -0.05) is 25.2 Å². The Balaban J connectivity index is 1.50. The molecule has 0 radical (unpaired) electrons. The van der Waals surface area contributed by atoms with Crippen molar-refractivity contribution in [3.63, 3.8) is 0 Å². The molecule has 1 saturated heterocycles. The van der Waals surface area contributed by atoms with Crippen LogP contribution in [0.5, 0.6) is 0 Å². The van der Waals surface area contributed by atoms with Crippen molar-refractivity contribution in [2.45, 2.75) is 51.0 Å². The Labute approximate surface area is 191 Å². The van der Waals surface area contributed by atoms with Gasteiger partial charge in [0.2, 0.25) is 5.95 Å². The lowest BCUT2D eigenvalue weighted by molar-refractivity contribution is 0.443. The zero-order valence-corrected chi connectivity index (χ0v) is 20.2. The molecular formula is C23H27FN6O2Si. The molecule has 4 heterocycles. The van der Waals surface area contributed by atoms with Gasteiger partial charge in [-0.3, -0.25) is 9.13 Å². The van der Waals surface area contributed by atoms with Crippen molar-refractivity contribution < 1.29 is 8.81 Å². The Bertz CT molecular complexity index is 1380. The highest BCUT2D eigenvalue weighted by Gasteiger charge is 2.31. The summed E-state index contributed by atoms with van der Waals surface area (Å²) in [6, 6.07) is 5.64. The van der Waals surface area contributed by atoms with Crippen LogP contribution in [0.3, 0.4) is 0 Å². The Morgan fingerprint density at radius 3 is 2.67 bits per heavy atom. The van der Waals surface area contributed by atoms with Gasteiger partial charge < -0.3 is 9.73 Å². The predicted octanol–water partition coefficient (Wildman–Crippen LogP) is 5.02. The van der Waals surface area contributed by atoms with Crippen LogP contribution in [0.25, 0.3) is 22.5 Å². The number of hydrogen-bond acceptors (Lipinski definition) is 6. The number of aryl methyl sites for hydroxylation is 2. The van der Waals surface area contributed by atoms with E-state index < -0.39 is 13.9 Å². The van der Waals surface area contributed by atoms with Crippen LogP contribution >= 0.6 is 0 Å². The number of hydrogen-bond donors (Lipinski definition) is 1. The van der Waals surface area contributed by atoms with E-state index in [1.165, 1.54) is 30.7 Å². The fourth-order valence-corrected chi connectivity index (χ4v) is 7.12. The number of imidazole rings is 1. The lowest BCUT2D eigenvalue weighted by Crippen LogP contribution is -2.35. The molecule has 0 unspecified atom stereocenters. The molecule has 0 spiro atoms. The van der Waals surface area contributed by atoms with Gasteiger partial charge in [-0.15, -0.1) is 0 Å². The average molecular weight is 467 g/mol. The number of oxazole rings is 1. The second kappa shape index (κ2) is 7.94. The summed E-state index contributed by atoms with van der Waals surface area (Å²) in [5, 5.41) is 3.12. The summed E-state index contributed by atoms with van der Waals surface area (Å²) >= 11 is 0. The van der Waals surface area contributed by atoms with Crippen LogP contribution in [0.15, 0.2) is 40.1 Å². The molecule has 172 valence electrons. The van der Waals surface area contributed by atoms with Crippen molar-refractivity contribution in [1.29, 1.82) is 0 Å². The second-order valence-corrected chi connectivity index (χ2v) is 15.0. The molecule has 1 aromatic carbocycles. The van der Waals surface area contributed by atoms with Crippen molar-refractivity contribution in [2.75, 3.05) is 5.32 Å². The normalized spacial score (nSPS) is 16.4. The first-order valence-electron chi connectivity index (χ1n) is 11.1. The number of rotatable bonds is 4. The summed E-state index contributed by atoms with van der Waals surface area (Å²) in [7, 11) is 0.596. The van der Waals surface area contributed by atoms with Crippen LogP contribution in [0, 0.1) is 12.7 Å². The number of aromatic nitrogens is 5. The average Bonchev–Trinajstić information content (AvgIpc) is 3.39. The van der Waals surface area contributed by atoms with Gasteiger partial charge in [-0.05, 0) is 37.5 Å². The van der Waals surface area contributed by atoms with Gasteiger partial charge in [0.1, 0.15) is 11.3 Å². The third-order valence-electron chi connectivity index (χ3n) is 6.76. The summed E-state index contributed by atoms with van der Waals surface area (Å²) < 4.78 is 23.4. The maximum absolute atomic E-state index is 14.8. The van der Waals surface area contributed by atoms with Gasteiger partial charge in [0.15, 0.2) is 17.8 Å². The van der Waals surface area contributed by atoms with E-state index in [4.69, 9.17) is 4.42 Å². The molecule has 0 amide bonds. The molecule has 3 aromatic heterocycles. The molecule has 1 aliphatic heterocycles. The monoisotopic (exact) mass is 466 g/mol. The van der Waals surface area contributed by atoms with Crippen molar-refractivity contribution in [3.8, 4) is 11.3 Å². The Morgan fingerprint density at radius 1 is 1.21 bits per heavy atom. The predicted molar refractivity (Wildman–Crippen MR) is 128 cm³/mol. The fraction of sp³-hybridized carbons (Fsp3) is 0.391. The summed E-state index contributed by atoms with van der Waals surface area (Å²) in [5.74, 6) is 0.251. The van der Waals surface area contributed by atoms with Gasteiger partial charge in [0.05, 0.1) is 18.0 Å². The number of anilines is 2. The number of fused-ring (bicyclic) bond motifs is 1. The first-order chi connectivity index (χ1) is 15.7. The highest BCUT2D eigenvalue weighted by molar-refractivity contribution is 6.77. The zero-order valence-electron chi connectivity index (χ0n) is 19.2. The fourth-order valence-electron chi connectivity index (χ4n) is 4.64. The number of nitrogens with zero attached hydrogens (tertiary/aromatic N) is 5. The maximum Gasteiger partial charge on any atom is 0.330 e.